The van der Waals surface area contributed by atoms with E-state index < -0.39 is 18.2 Å². The summed E-state index contributed by atoms with van der Waals surface area (Å²) in [4.78, 5) is 3.91. The topological polar surface area (TPSA) is 65.4 Å². The number of halogens is 3. The number of rotatable bonds is 4. The maximum atomic E-state index is 13.5. The van der Waals surface area contributed by atoms with Crippen LogP contribution in [-0.2, 0) is 0 Å². The smallest absolute Gasteiger partial charge is 0.387 e. The normalized spacial score (nSPS) is 11.4. The van der Waals surface area contributed by atoms with Crippen molar-refractivity contribution < 1.29 is 17.9 Å². The van der Waals surface area contributed by atoms with Crippen LogP contribution in [0.2, 0.25) is 0 Å². The van der Waals surface area contributed by atoms with Crippen LogP contribution in [-0.4, -0.2) is 22.5 Å². The molecule has 106 valence electrons. The second kappa shape index (κ2) is 5.64. The number of nitrogen functional groups attached to an aromatic ring is 1. The summed E-state index contributed by atoms with van der Waals surface area (Å²) in [5, 5.41) is 3.92. The first kappa shape index (κ1) is 13.9. The van der Waals surface area contributed by atoms with E-state index in [2.05, 4.69) is 14.8 Å². The summed E-state index contributed by atoms with van der Waals surface area (Å²) in [6.07, 6.45) is 2.71. The van der Waals surface area contributed by atoms with Gasteiger partial charge in [-0.25, -0.2) is 14.1 Å². The van der Waals surface area contributed by atoms with E-state index in [-0.39, 0.29) is 11.5 Å². The number of ether oxygens (including phenoxy) is 1. The molecule has 0 unspecified atom stereocenters. The number of benzene rings is 1. The Bertz CT molecular complexity index is 640. The van der Waals surface area contributed by atoms with E-state index in [0.717, 1.165) is 12.3 Å². The molecule has 2 aromatic rings. The molecule has 0 spiro atoms. The summed E-state index contributed by atoms with van der Waals surface area (Å²) in [5.41, 5.74) is 6.27. The van der Waals surface area contributed by atoms with Crippen LogP contribution in [0.5, 0.6) is 5.75 Å². The fourth-order valence-corrected chi connectivity index (χ4v) is 1.56. The van der Waals surface area contributed by atoms with Gasteiger partial charge in [-0.3, -0.25) is 0 Å². The van der Waals surface area contributed by atoms with Gasteiger partial charge < -0.3 is 10.5 Å². The van der Waals surface area contributed by atoms with Crippen LogP contribution in [0.4, 0.5) is 19.1 Å². The molecule has 20 heavy (non-hydrogen) atoms. The molecule has 1 aromatic heterocycles. The third-order valence-corrected chi connectivity index (χ3v) is 2.36. The Morgan fingerprint density at radius 1 is 1.45 bits per heavy atom. The van der Waals surface area contributed by atoms with Gasteiger partial charge in [-0.15, -0.1) is 0 Å². The van der Waals surface area contributed by atoms with E-state index in [4.69, 9.17) is 5.73 Å². The minimum atomic E-state index is -3.13. The van der Waals surface area contributed by atoms with E-state index in [1.807, 2.05) is 0 Å². The van der Waals surface area contributed by atoms with E-state index in [9.17, 15) is 13.2 Å². The lowest BCUT2D eigenvalue weighted by atomic mass is 10.2. The highest BCUT2D eigenvalue weighted by Gasteiger charge is 2.13. The lowest BCUT2D eigenvalue weighted by molar-refractivity contribution is -0.0522. The van der Waals surface area contributed by atoms with Crippen LogP contribution in [0.25, 0.3) is 0 Å². The SMILES string of the molecule is Cc1cn(N=Cc2cccc(F)c2OC(F)F)c(N)n1. The van der Waals surface area contributed by atoms with Gasteiger partial charge in [0.25, 0.3) is 0 Å². The molecule has 0 saturated carbocycles. The van der Waals surface area contributed by atoms with Crippen LogP contribution in [0.3, 0.4) is 0 Å². The molecule has 1 aromatic carbocycles. The molecule has 0 atom stereocenters. The Balaban J connectivity index is 2.33. The molecule has 0 saturated heterocycles. The molecule has 0 amide bonds. The highest BCUT2D eigenvalue weighted by atomic mass is 19.3. The lowest BCUT2D eigenvalue weighted by Crippen LogP contribution is -2.06. The first-order chi connectivity index (χ1) is 9.47. The van der Waals surface area contributed by atoms with E-state index in [0.29, 0.717) is 5.69 Å². The standard InChI is InChI=1S/C12H11F3N4O/c1-7-6-19(12(16)18-7)17-5-8-3-2-4-9(13)10(8)20-11(14)15/h2-6,11H,1H3,(H2,16,18). The zero-order valence-corrected chi connectivity index (χ0v) is 10.4. The van der Waals surface area contributed by atoms with Gasteiger partial charge in [0.2, 0.25) is 5.95 Å². The molecule has 0 aliphatic rings. The molecular weight excluding hydrogens is 273 g/mol. The Hall–Kier alpha value is -2.51. The minimum absolute atomic E-state index is 0.0658. The van der Waals surface area contributed by atoms with Crippen molar-refractivity contribution in [2.24, 2.45) is 5.10 Å². The van der Waals surface area contributed by atoms with Crippen molar-refractivity contribution in [3.05, 3.63) is 41.5 Å². The predicted molar refractivity (Wildman–Crippen MR) is 67.4 cm³/mol. The van der Waals surface area contributed by atoms with Crippen LogP contribution < -0.4 is 10.5 Å². The average molecular weight is 284 g/mol. The summed E-state index contributed by atoms with van der Waals surface area (Å²) >= 11 is 0. The quantitative estimate of drug-likeness (QED) is 0.877. The van der Waals surface area contributed by atoms with Crippen molar-refractivity contribution in [1.82, 2.24) is 9.66 Å². The number of para-hydroxylation sites is 1. The van der Waals surface area contributed by atoms with Gasteiger partial charge in [-0.1, -0.05) is 6.07 Å². The molecule has 2 N–H and O–H groups in total. The van der Waals surface area contributed by atoms with Gasteiger partial charge in [0.05, 0.1) is 18.1 Å². The summed E-state index contributed by atoms with van der Waals surface area (Å²) in [5.74, 6) is -1.34. The fourth-order valence-electron chi connectivity index (χ4n) is 1.56. The van der Waals surface area contributed by atoms with Crippen LogP contribution in [0.1, 0.15) is 11.3 Å². The molecule has 5 nitrogen and oxygen atoms in total. The zero-order valence-electron chi connectivity index (χ0n) is 10.4. The number of hydrogen-bond donors (Lipinski definition) is 1. The van der Waals surface area contributed by atoms with E-state index >= 15 is 0 Å². The molecule has 0 radical (unpaired) electrons. The molecule has 0 fully saturated rings. The summed E-state index contributed by atoms with van der Waals surface area (Å²) in [7, 11) is 0. The Kier molecular flexibility index (Phi) is 3.92. The number of hydrogen-bond acceptors (Lipinski definition) is 4. The van der Waals surface area contributed by atoms with Crippen LogP contribution in [0, 0.1) is 12.7 Å². The third-order valence-electron chi connectivity index (χ3n) is 2.36. The number of anilines is 1. The van der Waals surface area contributed by atoms with Crippen molar-refractivity contribution in [2.75, 3.05) is 5.73 Å². The predicted octanol–water partition coefficient (Wildman–Crippen LogP) is 2.40. The van der Waals surface area contributed by atoms with Crippen LogP contribution >= 0.6 is 0 Å². The van der Waals surface area contributed by atoms with Crippen molar-refractivity contribution in [1.29, 1.82) is 0 Å². The van der Waals surface area contributed by atoms with Crippen molar-refractivity contribution in [2.45, 2.75) is 13.5 Å². The number of nitrogens with zero attached hydrogens (tertiary/aromatic N) is 3. The van der Waals surface area contributed by atoms with Gasteiger partial charge in [-0.05, 0) is 19.1 Å². The summed E-state index contributed by atoms with van der Waals surface area (Å²) in [6.45, 7) is -1.41. The first-order valence-corrected chi connectivity index (χ1v) is 5.56. The van der Waals surface area contributed by atoms with Gasteiger partial charge in [0.15, 0.2) is 11.6 Å². The first-order valence-electron chi connectivity index (χ1n) is 5.56. The van der Waals surface area contributed by atoms with Gasteiger partial charge in [0, 0.05) is 5.56 Å². The summed E-state index contributed by atoms with van der Waals surface area (Å²) in [6, 6.07) is 3.77. The Morgan fingerprint density at radius 3 is 2.80 bits per heavy atom. The van der Waals surface area contributed by atoms with Gasteiger partial charge in [-0.2, -0.15) is 13.9 Å². The van der Waals surface area contributed by atoms with Gasteiger partial charge in [0.1, 0.15) is 0 Å². The maximum Gasteiger partial charge on any atom is 0.387 e. The zero-order chi connectivity index (χ0) is 14.7. The molecule has 2 rings (SSSR count). The Morgan fingerprint density at radius 2 is 2.20 bits per heavy atom. The van der Waals surface area contributed by atoms with Crippen molar-refractivity contribution in [3.63, 3.8) is 0 Å². The molecule has 0 bridgehead atoms. The largest absolute Gasteiger partial charge is 0.431 e. The van der Waals surface area contributed by atoms with E-state index in [1.54, 1.807) is 13.1 Å². The van der Waals surface area contributed by atoms with Gasteiger partial charge >= 0.3 is 6.61 Å². The monoisotopic (exact) mass is 284 g/mol. The van der Waals surface area contributed by atoms with Crippen molar-refractivity contribution >= 4 is 12.2 Å². The Labute approximate surface area is 112 Å². The molecular formula is C12H11F3N4O. The third kappa shape index (κ3) is 3.08. The second-order valence-electron chi connectivity index (χ2n) is 3.87. The fraction of sp³-hybridized carbons (Fsp3) is 0.167. The second-order valence-corrected chi connectivity index (χ2v) is 3.87. The lowest BCUT2D eigenvalue weighted by Gasteiger charge is -2.08. The maximum absolute atomic E-state index is 13.5. The number of aryl methyl sites for hydroxylation is 1. The number of imidazole rings is 1. The molecule has 0 aliphatic carbocycles. The molecule has 8 heteroatoms. The number of nitrogens with two attached hydrogens (primary N) is 1. The highest BCUT2D eigenvalue weighted by Crippen LogP contribution is 2.23. The average Bonchev–Trinajstić information content (AvgIpc) is 2.68. The molecule has 0 aliphatic heterocycles. The van der Waals surface area contributed by atoms with Crippen LogP contribution in [0.15, 0.2) is 29.5 Å². The number of aromatic nitrogens is 2. The van der Waals surface area contributed by atoms with E-state index in [1.165, 1.54) is 16.8 Å². The molecule has 1 heterocycles. The summed E-state index contributed by atoms with van der Waals surface area (Å²) < 4.78 is 43.3. The number of alkyl halides is 2. The van der Waals surface area contributed by atoms with Crippen molar-refractivity contribution in [3.8, 4) is 5.75 Å². The minimum Gasteiger partial charge on any atom is -0.431 e. The highest BCUT2D eigenvalue weighted by molar-refractivity contribution is 5.83.